The highest BCUT2D eigenvalue weighted by Crippen LogP contribution is 2.42. The van der Waals surface area contributed by atoms with Crippen LogP contribution in [0.1, 0.15) is 55.8 Å². The third-order valence-corrected chi connectivity index (χ3v) is 9.08. The molecule has 0 saturated carbocycles. The molecule has 0 radical (unpaired) electrons. The third kappa shape index (κ3) is 6.32. The minimum atomic E-state index is -4.35. The number of nitrogens with zero attached hydrogens (tertiary/aromatic N) is 4. The van der Waals surface area contributed by atoms with Crippen LogP contribution in [0.5, 0.6) is 0 Å². The lowest BCUT2D eigenvalue weighted by Crippen LogP contribution is -2.39. The first-order valence-corrected chi connectivity index (χ1v) is 14.6. The van der Waals surface area contributed by atoms with Gasteiger partial charge in [0.05, 0.1) is 11.0 Å². The zero-order chi connectivity index (χ0) is 27.9. The van der Waals surface area contributed by atoms with E-state index in [1.54, 1.807) is 12.1 Å². The van der Waals surface area contributed by atoms with Crippen LogP contribution in [-0.4, -0.2) is 43.9 Å². The first-order valence-electron chi connectivity index (χ1n) is 12.9. The van der Waals surface area contributed by atoms with Gasteiger partial charge in [0.1, 0.15) is 17.4 Å². The lowest BCUT2D eigenvalue weighted by molar-refractivity contribution is -0.132. The highest BCUT2D eigenvalue weighted by molar-refractivity contribution is 8.00. The van der Waals surface area contributed by atoms with Crippen molar-refractivity contribution < 1.29 is 18.0 Å². The van der Waals surface area contributed by atoms with E-state index in [9.17, 15) is 18.0 Å². The normalized spacial score (nSPS) is 15.3. The van der Waals surface area contributed by atoms with Crippen LogP contribution in [-0.2, 0) is 16.8 Å². The van der Waals surface area contributed by atoms with Crippen molar-refractivity contribution in [1.82, 2.24) is 19.4 Å². The number of aryl methyl sites for hydroxylation is 1. The fourth-order valence-corrected chi connectivity index (χ4v) is 6.71. The van der Waals surface area contributed by atoms with Crippen LogP contribution in [0.25, 0.3) is 21.6 Å². The van der Waals surface area contributed by atoms with Crippen LogP contribution in [0.15, 0.2) is 53.6 Å². The standard InChI is InChI=1S/C29H31F3N4OS2/c1-18-34-23-7-5-6-8-24(23)36(18)17-26(37)35-11-9-19(10-12-35)25-16-33-27(38-25)20-13-21(28(2,3)4)15-22(14-20)39-29(30,31)32/h5-8,13-16,19H,9-12,17H2,1-4H3. The van der Waals surface area contributed by atoms with Crippen LogP contribution in [0.3, 0.4) is 0 Å². The number of carbonyl (C=O) groups is 1. The Kier molecular flexibility index (Phi) is 7.54. The van der Waals surface area contributed by atoms with Crippen molar-refractivity contribution in [3.05, 3.63) is 64.9 Å². The van der Waals surface area contributed by atoms with Gasteiger partial charge >= 0.3 is 5.51 Å². The SMILES string of the molecule is Cc1nc2ccccc2n1CC(=O)N1CCC(c2cnc(-c3cc(SC(F)(F)F)cc(C(C)(C)C)c3)s2)CC1. The quantitative estimate of drug-likeness (QED) is 0.229. The molecule has 39 heavy (non-hydrogen) atoms. The summed E-state index contributed by atoms with van der Waals surface area (Å²) in [5, 5.41) is 0.723. The molecule has 10 heteroatoms. The summed E-state index contributed by atoms with van der Waals surface area (Å²) in [6, 6.07) is 13.0. The summed E-state index contributed by atoms with van der Waals surface area (Å²) in [5.41, 5.74) is -1.24. The summed E-state index contributed by atoms with van der Waals surface area (Å²) in [7, 11) is 0. The number of imidazole rings is 1. The Morgan fingerprint density at radius 3 is 2.51 bits per heavy atom. The lowest BCUT2D eigenvalue weighted by atomic mass is 9.86. The second kappa shape index (κ2) is 10.6. The second-order valence-corrected chi connectivity index (χ2v) is 13.2. The highest BCUT2D eigenvalue weighted by Gasteiger charge is 2.31. The van der Waals surface area contributed by atoms with Gasteiger partial charge in [-0.2, -0.15) is 13.2 Å². The summed E-state index contributed by atoms with van der Waals surface area (Å²) >= 11 is 1.45. The highest BCUT2D eigenvalue weighted by atomic mass is 32.2. The Morgan fingerprint density at radius 1 is 1.10 bits per heavy atom. The number of halogens is 3. The van der Waals surface area contributed by atoms with Gasteiger partial charge in [0.2, 0.25) is 5.91 Å². The number of amides is 1. The van der Waals surface area contributed by atoms with Crippen LogP contribution < -0.4 is 0 Å². The maximum Gasteiger partial charge on any atom is 0.446 e. The molecule has 1 aliphatic rings. The van der Waals surface area contributed by atoms with Crippen molar-refractivity contribution in [2.24, 2.45) is 0 Å². The molecule has 0 atom stereocenters. The molecule has 4 aromatic rings. The maximum absolute atomic E-state index is 13.2. The smallest absolute Gasteiger partial charge is 0.341 e. The number of fused-ring (bicyclic) bond motifs is 1. The Morgan fingerprint density at radius 2 is 1.82 bits per heavy atom. The second-order valence-electron chi connectivity index (χ2n) is 11.0. The molecule has 0 N–H and O–H groups in total. The van der Waals surface area contributed by atoms with E-state index in [-0.39, 0.29) is 40.4 Å². The van der Waals surface area contributed by atoms with E-state index in [0.717, 1.165) is 45.1 Å². The number of carbonyl (C=O) groups excluding carboxylic acids is 1. The van der Waals surface area contributed by atoms with Crippen molar-refractivity contribution in [3.63, 3.8) is 0 Å². The van der Waals surface area contributed by atoms with Crippen LogP contribution in [0.4, 0.5) is 13.2 Å². The first kappa shape index (κ1) is 27.7. The van der Waals surface area contributed by atoms with Gasteiger partial charge in [-0.1, -0.05) is 32.9 Å². The van der Waals surface area contributed by atoms with Gasteiger partial charge < -0.3 is 9.47 Å². The van der Waals surface area contributed by atoms with Crippen molar-refractivity contribution in [1.29, 1.82) is 0 Å². The molecule has 1 saturated heterocycles. The average molecular weight is 573 g/mol. The fourth-order valence-electron chi connectivity index (χ4n) is 5.00. The molecule has 206 valence electrons. The summed E-state index contributed by atoms with van der Waals surface area (Å²) in [6.45, 7) is 9.49. The minimum Gasteiger partial charge on any atom is -0.341 e. The molecule has 0 aliphatic carbocycles. The Bertz CT molecular complexity index is 1490. The Labute approximate surface area is 234 Å². The van der Waals surface area contributed by atoms with Crippen LogP contribution in [0.2, 0.25) is 0 Å². The van der Waals surface area contributed by atoms with Crippen molar-refractivity contribution >= 4 is 40.0 Å². The monoisotopic (exact) mass is 572 g/mol. The summed E-state index contributed by atoms with van der Waals surface area (Å²) in [6.07, 6.45) is 3.51. The first-order chi connectivity index (χ1) is 18.4. The van der Waals surface area contributed by atoms with Gasteiger partial charge in [-0.15, -0.1) is 11.3 Å². The van der Waals surface area contributed by atoms with Gasteiger partial charge in [-0.25, -0.2) is 9.97 Å². The number of benzene rings is 2. The van der Waals surface area contributed by atoms with E-state index >= 15 is 0 Å². The molecule has 3 heterocycles. The number of rotatable bonds is 5. The molecular weight excluding hydrogens is 541 g/mol. The van der Waals surface area contributed by atoms with Crippen molar-refractivity contribution in [2.75, 3.05) is 13.1 Å². The molecule has 1 amide bonds. The molecular formula is C29H31F3N4OS2. The number of piperidine rings is 1. The van der Waals surface area contributed by atoms with Crippen molar-refractivity contribution in [3.8, 4) is 10.6 Å². The van der Waals surface area contributed by atoms with Crippen molar-refractivity contribution in [2.45, 2.75) is 68.8 Å². The summed E-state index contributed by atoms with van der Waals surface area (Å²) in [4.78, 5) is 25.5. The molecule has 0 bridgehead atoms. The molecule has 0 spiro atoms. The lowest BCUT2D eigenvalue weighted by Gasteiger charge is -2.31. The van der Waals surface area contributed by atoms with Gasteiger partial charge in [0.15, 0.2) is 0 Å². The van der Waals surface area contributed by atoms with Gasteiger partial charge in [0.25, 0.3) is 0 Å². The average Bonchev–Trinajstić information content (AvgIpc) is 3.48. The van der Waals surface area contributed by atoms with Gasteiger partial charge in [0, 0.05) is 34.6 Å². The van der Waals surface area contributed by atoms with E-state index in [4.69, 9.17) is 0 Å². The molecule has 2 aromatic carbocycles. The molecule has 1 fully saturated rings. The Hall–Kier alpha value is -2.85. The van der Waals surface area contributed by atoms with E-state index < -0.39 is 5.51 Å². The third-order valence-electron chi connectivity index (χ3n) is 7.17. The van der Waals surface area contributed by atoms with Gasteiger partial charge in [-0.3, -0.25) is 4.79 Å². The molecule has 5 nitrogen and oxygen atoms in total. The molecule has 0 unspecified atom stereocenters. The van der Waals surface area contributed by atoms with E-state index in [2.05, 4.69) is 9.97 Å². The predicted molar refractivity (Wildman–Crippen MR) is 151 cm³/mol. The van der Waals surface area contributed by atoms with Crippen LogP contribution in [0, 0.1) is 6.92 Å². The minimum absolute atomic E-state index is 0.0818. The zero-order valence-corrected chi connectivity index (χ0v) is 24.0. The Balaban J connectivity index is 1.27. The maximum atomic E-state index is 13.2. The van der Waals surface area contributed by atoms with E-state index in [1.807, 2.05) is 73.7 Å². The summed E-state index contributed by atoms with van der Waals surface area (Å²) in [5.74, 6) is 1.17. The molecule has 5 rings (SSSR count). The number of likely N-dealkylation sites (tertiary alicyclic amines) is 1. The summed E-state index contributed by atoms with van der Waals surface area (Å²) < 4.78 is 41.4. The number of para-hydroxylation sites is 2. The van der Waals surface area contributed by atoms with Crippen LogP contribution >= 0.6 is 23.1 Å². The number of thiazole rings is 1. The largest absolute Gasteiger partial charge is 0.446 e. The number of thioether (sulfide) groups is 1. The number of aromatic nitrogens is 3. The number of alkyl halides is 3. The number of hydrogen-bond acceptors (Lipinski definition) is 5. The number of hydrogen-bond donors (Lipinski definition) is 0. The van der Waals surface area contributed by atoms with E-state index in [1.165, 1.54) is 11.3 Å². The molecule has 1 aliphatic heterocycles. The predicted octanol–water partition coefficient (Wildman–Crippen LogP) is 7.78. The molecule has 2 aromatic heterocycles. The topological polar surface area (TPSA) is 51.0 Å². The zero-order valence-electron chi connectivity index (χ0n) is 22.4. The fraction of sp³-hybridized carbons (Fsp3) is 0.414. The van der Waals surface area contributed by atoms with Gasteiger partial charge in [-0.05, 0) is 78.8 Å². The van der Waals surface area contributed by atoms with E-state index in [0.29, 0.717) is 18.7 Å².